The molecule has 3 aromatic rings. The summed E-state index contributed by atoms with van der Waals surface area (Å²) in [5.41, 5.74) is 1.70. The molecule has 5 N–H and O–H groups in total. The van der Waals surface area contributed by atoms with Gasteiger partial charge in [0.2, 0.25) is 0 Å². The summed E-state index contributed by atoms with van der Waals surface area (Å²) in [6.45, 7) is 1.46. The molecule has 0 radical (unpaired) electrons. The molecule has 0 fully saturated rings. The van der Waals surface area contributed by atoms with E-state index in [1.54, 1.807) is 32.2 Å². The molecule has 1 heterocycles. The Labute approximate surface area is 235 Å². The van der Waals surface area contributed by atoms with Crippen LogP contribution in [0.5, 0.6) is 0 Å². The van der Waals surface area contributed by atoms with Crippen molar-refractivity contribution in [3.8, 4) is 0 Å². The molecular formula is C28H26Cl2N4O5. The maximum absolute atomic E-state index is 13.6. The number of carbonyl (C=O) groups excluding carboxylic acids is 2. The number of ketones is 1. The van der Waals surface area contributed by atoms with Crippen molar-refractivity contribution in [2.24, 2.45) is 0 Å². The van der Waals surface area contributed by atoms with E-state index in [1.165, 1.54) is 24.3 Å². The van der Waals surface area contributed by atoms with Crippen LogP contribution in [0, 0.1) is 0 Å². The summed E-state index contributed by atoms with van der Waals surface area (Å²) in [6.07, 6.45) is 0. The highest BCUT2D eigenvalue weighted by Gasteiger charge is 2.43. The van der Waals surface area contributed by atoms with Gasteiger partial charge in [-0.1, -0.05) is 41.4 Å². The number of carboxylic acids is 1. The number of carboxylic acid groups (broad SMARTS) is 1. The quantitative estimate of drug-likeness (QED) is 0.234. The number of hydrogen-bond donors (Lipinski definition) is 5. The average Bonchev–Trinajstić information content (AvgIpc) is 2.91. The molecule has 1 unspecified atom stereocenters. The third-order valence-electron chi connectivity index (χ3n) is 6.31. The number of anilines is 2. The van der Waals surface area contributed by atoms with Gasteiger partial charge in [-0.3, -0.25) is 4.79 Å². The fourth-order valence-corrected chi connectivity index (χ4v) is 4.74. The van der Waals surface area contributed by atoms with Gasteiger partial charge in [-0.15, -0.1) is 0 Å². The molecular weight excluding hydrogens is 543 g/mol. The van der Waals surface area contributed by atoms with Gasteiger partial charge in [0.15, 0.2) is 11.5 Å². The minimum Gasteiger partial charge on any atom is -0.486 e. The zero-order valence-electron chi connectivity index (χ0n) is 21.1. The van der Waals surface area contributed by atoms with Crippen molar-refractivity contribution in [1.29, 1.82) is 0 Å². The van der Waals surface area contributed by atoms with Gasteiger partial charge in [-0.25, -0.2) is 9.59 Å². The molecule has 9 nitrogen and oxygen atoms in total. The second-order valence-corrected chi connectivity index (χ2v) is 9.67. The van der Waals surface area contributed by atoms with Crippen molar-refractivity contribution >= 4 is 58.1 Å². The molecule has 1 aliphatic heterocycles. The van der Waals surface area contributed by atoms with E-state index in [1.807, 2.05) is 24.3 Å². The molecule has 39 heavy (non-hydrogen) atoms. The Morgan fingerprint density at radius 1 is 0.974 bits per heavy atom. The van der Waals surface area contributed by atoms with Crippen molar-refractivity contribution in [3.05, 3.63) is 99.2 Å². The first-order valence-corrected chi connectivity index (χ1v) is 12.7. The summed E-state index contributed by atoms with van der Waals surface area (Å²) in [4.78, 5) is 37.0. The molecule has 2 amide bonds. The topological polar surface area (TPSA) is 129 Å². The Morgan fingerprint density at radius 2 is 1.64 bits per heavy atom. The van der Waals surface area contributed by atoms with Crippen molar-refractivity contribution in [1.82, 2.24) is 10.6 Å². The predicted molar refractivity (Wildman–Crippen MR) is 151 cm³/mol. The number of para-hydroxylation sites is 1. The number of hydrogen-bond acceptors (Lipinski definition) is 6. The summed E-state index contributed by atoms with van der Waals surface area (Å²) in [6, 6.07) is 17.6. The van der Waals surface area contributed by atoms with Gasteiger partial charge in [0.05, 0.1) is 17.8 Å². The second-order valence-electron chi connectivity index (χ2n) is 8.85. The van der Waals surface area contributed by atoms with Crippen molar-refractivity contribution in [3.63, 3.8) is 0 Å². The first kappa shape index (κ1) is 27.8. The first-order chi connectivity index (χ1) is 18.6. The van der Waals surface area contributed by atoms with E-state index in [9.17, 15) is 14.4 Å². The fourth-order valence-electron chi connectivity index (χ4n) is 4.23. The standard InChI is InChI=1S/C28H26Cl2N4O5/c1-28(23(35)14-32-27(38)33-17-12-10-16(11-13-17)26(36)37)25(31-2)24(18-6-3-4-9-22(18)34-28)39-15-19-20(29)7-5-8-21(19)30/h3-13,31,34H,14-15H2,1-2H3,(H,36,37)(H2,32,33,38). The number of aromatic carboxylic acids is 1. The Bertz CT molecular complexity index is 1440. The van der Waals surface area contributed by atoms with Crippen LogP contribution in [0.4, 0.5) is 16.2 Å². The smallest absolute Gasteiger partial charge is 0.335 e. The first-order valence-electron chi connectivity index (χ1n) is 11.9. The highest BCUT2D eigenvalue weighted by molar-refractivity contribution is 6.36. The van der Waals surface area contributed by atoms with Gasteiger partial charge in [-0.2, -0.15) is 0 Å². The number of carbonyl (C=O) groups is 3. The SMILES string of the molecule is CNC1=C(OCc2c(Cl)cccc2Cl)c2ccccc2NC1(C)C(=O)CNC(=O)Nc1ccc(C(=O)O)cc1. The van der Waals surface area contributed by atoms with Crippen LogP contribution in [0.3, 0.4) is 0 Å². The number of urea groups is 1. The second kappa shape index (κ2) is 11.7. The number of ether oxygens (including phenoxy) is 1. The van der Waals surface area contributed by atoms with Gasteiger partial charge in [0.25, 0.3) is 0 Å². The van der Waals surface area contributed by atoms with Crippen LogP contribution in [0.25, 0.3) is 5.76 Å². The van der Waals surface area contributed by atoms with E-state index < -0.39 is 17.5 Å². The van der Waals surface area contributed by atoms with Crippen LogP contribution in [-0.4, -0.2) is 42.0 Å². The maximum atomic E-state index is 13.6. The molecule has 0 spiro atoms. The van der Waals surface area contributed by atoms with Crippen molar-refractivity contribution in [2.75, 3.05) is 24.2 Å². The molecule has 0 saturated heterocycles. The summed E-state index contributed by atoms with van der Waals surface area (Å²) >= 11 is 12.7. The number of rotatable bonds is 9. The summed E-state index contributed by atoms with van der Waals surface area (Å²) in [5, 5.41) is 21.5. The molecule has 0 saturated carbocycles. The molecule has 202 valence electrons. The average molecular weight is 569 g/mol. The minimum atomic E-state index is -1.28. The van der Waals surface area contributed by atoms with E-state index in [2.05, 4.69) is 21.3 Å². The largest absolute Gasteiger partial charge is 0.486 e. The number of fused-ring (bicyclic) bond motifs is 1. The molecule has 0 bridgehead atoms. The van der Waals surface area contributed by atoms with Crippen LogP contribution < -0.4 is 21.3 Å². The predicted octanol–water partition coefficient (Wildman–Crippen LogP) is 5.37. The van der Waals surface area contributed by atoms with Gasteiger partial charge >= 0.3 is 12.0 Å². The van der Waals surface area contributed by atoms with E-state index in [0.717, 1.165) is 5.56 Å². The van der Waals surface area contributed by atoms with Crippen molar-refractivity contribution < 1.29 is 24.2 Å². The van der Waals surface area contributed by atoms with E-state index in [-0.39, 0.29) is 24.5 Å². The number of likely N-dealkylation sites (N-methyl/N-ethyl adjacent to an activating group) is 1. The third-order valence-corrected chi connectivity index (χ3v) is 7.02. The molecule has 4 rings (SSSR count). The van der Waals surface area contributed by atoms with Crippen molar-refractivity contribution in [2.45, 2.75) is 19.1 Å². The number of halogens is 2. The number of nitrogens with one attached hydrogen (secondary N) is 4. The molecule has 1 atom stereocenters. The lowest BCUT2D eigenvalue weighted by molar-refractivity contribution is -0.121. The number of Topliss-reactive ketones (excluding diaryl/α,β-unsaturated/α-hetero) is 1. The summed E-state index contributed by atoms with van der Waals surface area (Å²) in [7, 11) is 1.68. The normalized spacial score (nSPS) is 16.0. The number of amides is 2. The van der Waals surface area contributed by atoms with E-state index in [0.29, 0.717) is 38.4 Å². The van der Waals surface area contributed by atoms with Crippen LogP contribution in [0.15, 0.2) is 72.4 Å². The zero-order valence-corrected chi connectivity index (χ0v) is 22.6. The fraction of sp³-hybridized carbons (Fsp3) is 0.179. The van der Waals surface area contributed by atoms with Crippen LogP contribution in [-0.2, 0) is 16.1 Å². The van der Waals surface area contributed by atoms with E-state index >= 15 is 0 Å². The molecule has 3 aromatic carbocycles. The third kappa shape index (κ3) is 5.94. The van der Waals surface area contributed by atoms with Crippen LogP contribution in [0.2, 0.25) is 10.0 Å². The monoisotopic (exact) mass is 568 g/mol. The van der Waals surface area contributed by atoms with Crippen LogP contribution >= 0.6 is 23.2 Å². The zero-order chi connectivity index (χ0) is 28.2. The lowest BCUT2D eigenvalue weighted by Gasteiger charge is -2.39. The molecule has 1 aliphatic rings. The van der Waals surface area contributed by atoms with Gasteiger partial charge < -0.3 is 31.1 Å². The van der Waals surface area contributed by atoms with Gasteiger partial charge in [-0.05, 0) is 55.5 Å². The summed E-state index contributed by atoms with van der Waals surface area (Å²) < 4.78 is 6.25. The van der Waals surface area contributed by atoms with Gasteiger partial charge in [0, 0.05) is 39.6 Å². The number of benzene rings is 3. The highest BCUT2D eigenvalue weighted by Crippen LogP contribution is 2.40. The Morgan fingerprint density at radius 3 is 2.28 bits per heavy atom. The van der Waals surface area contributed by atoms with Crippen LogP contribution in [0.1, 0.15) is 28.4 Å². The Hall–Kier alpha value is -4.21. The molecule has 11 heteroatoms. The molecule has 0 aromatic heterocycles. The Kier molecular flexibility index (Phi) is 8.32. The minimum absolute atomic E-state index is 0.0684. The van der Waals surface area contributed by atoms with Gasteiger partial charge in [0.1, 0.15) is 12.1 Å². The molecule has 0 aliphatic carbocycles. The summed E-state index contributed by atoms with van der Waals surface area (Å²) in [5.74, 6) is -0.964. The maximum Gasteiger partial charge on any atom is 0.335 e. The van der Waals surface area contributed by atoms with E-state index in [4.69, 9.17) is 33.0 Å². The lowest BCUT2D eigenvalue weighted by atomic mass is 9.85. The lowest BCUT2D eigenvalue weighted by Crippen LogP contribution is -2.54. The highest BCUT2D eigenvalue weighted by atomic mass is 35.5. The Balaban J connectivity index is 1.54.